The average Bonchev–Trinajstić information content (AvgIpc) is 3.06. The van der Waals surface area contributed by atoms with Crippen LogP contribution in [0.3, 0.4) is 0 Å². The molecule has 0 radical (unpaired) electrons. The molecule has 136 valence electrons. The van der Waals surface area contributed by atoms with Gasteiger partial charge in [0, 0.05) is 33.7 Å². The molecule has 3 N–H and O–H groups in total. The molecule has 1 aromatic carbocycles. The predicted octanol–water partition coefficient (Wildman–Crippen LogP) is 1.18. The van der Waals surface area contributed by atoms with Gasteiger partial charge in [-0.05, 0) is 12.0 Å². The second-order valence-electron chi connectivity index (χ2n) is 5.82. The molecule has 0 bridgehead atoms. The average molecular weight is 352 g/mol. The number of aryl methyl sites for hydroxylation is 1. The number of rotatable bonds is 7. The normalized spacial score (nSPS) is 11.5. The van der Waals surface area contributed by atoms with Crippen LogP contribution >= 0.6 is 0 Å². The minimum atomic E-state index is 0.709. The molecule has 0 saturated heterocycles. The number of guanidine groups is 1. The number of nitrogens with one attached hydrogen (secondary N) is 3. The van der Waals surface area contributed by atoms with Gasteiger partial charge >= 0.3 is 0 Å². The Morgan fingerprint density at radius 2 is 1.88 bits per heavy atom. The zero-order chi connectivity index (χ0) is 18.2. The fourth-order valence-electron chi connectivity index (χ4n) is 2.66. The fraction of sp³-hybridized carbons (Fsp3) is 0.333. The van der Waals surface area contributed by atoms with Crippen LogP contribution in [0.2, 0.25) is 0 Å². The summed E-state index contributed by atoms with van der Waals surface area (Å²) in [6.07, 6.45) is 4.28. The van der Waals surface area contributed by atoms with Crippen molar-refractivity contribution in [2.45, 2.75) is 6.42 Å². The van der Waals surface area contributed by atoms with E-state index in [0.717, 1.165) is 42.3 Å². The van der Waals surface area contributed by atoms with Gasteiger partial charge in [-0.1, -0.05) is 30.3 Å². The van der Waals surface area contributed by atoms with Gasteiger partial charge in [0.15, 0.2) is 11.6 Å². The highest BCUT2D eigenvalue weighted by Gasteiger charge is 2.06. The van der Waals surface area contributed by atoms with E-state index >= 15 is 0 Å². The number of aromatic nitrogens is 4. The molecule has 0 atom stereocenters. The maximum Gasteiger partial charge on any atom is 0.191 e. The van der Waals surface area contributed by atoms with Gasteiger partial charge < -0.3 is 16.0 Å². The van der Waals surface area contributed by atoms with E-state index < -0.39 is 0 Å². The first-order chi connectivity index (χ1) is 12.8. The van der Waals surface area contributed by atoms with E-state index in [2.05, 4.69) is 60.3 Å². The number of anilines is 1. The molecule has 8 nitrogen and oxygen atoms in total. The fourth-order valence-corrected chi connectivity index (χ4v) is 2.66. The number of hydrogen-bond donors (Lipinski definition) is 3. The van der Waals surface area contributed by atoms with Gasteiger partial charge in [0.2, 0.25) is 0 Å². The van der Waals surface area contributed by atoms with Crippen LogP contribution in [0.1, 0.15) is 5.56 Å². The lowest BCUT2D eigenvalue weighted by molar-refractivity contribution is 0.785. The van der Waals surface area contributed by atoms with Crippen molar-refractivity contribution in [3.05, 3.63) is 48.4 Å². The van der Waals surface area contributed by atoms with Gasteiger partial charge in [-0.2, -0.15) is 5.10 Å². The molecule has 0 aliphatic heterocycles. The molecule has 0 saturated carbocycles. The maximum atomic E-state index is 4.29. The second-order valence-corrected chi connectivity index (χ2v) is 5.82. The Morgan fingerprint density at radius 3 is 2.69 bits per heavy atom. The third-order valence-corrected chi connectivity index (χ3v) is 4.01. The largest absolute Gasteiger partial charge is 0.368 e. The molecule has 2 aromatic heterocycles. The lowest BCUT2D eigenvalue weighted by Crippen LogP contribution is -2.40. The molecule has 8 heteroatoms. The lowest BCUT2D eigenvalue weighted by Gasteiger charge is -2.12. The van der Waals surface area contributed by atoms with Crippen molar-refractivity contribution in [1.82, 2.24) is 30.4 Å². The molecular weight excluding hydrogens is 328 g/mol. The summed E-state index contributed by atoms with van der Waals surface area (Å²) in [6.45, 7) is 2.26. The minimum Gasteiger partial charge on any atom is -0.368 e. The number of aliphatic imine (C=N–C) groups is 1. The van der Waals surface area contributed by atoms with Crippen molar-refractivity contribution in [2.75, 3.05) is 32.0 Å². The van der Waals surface area contributed by atoms with Gasteiger partial charge in [-0.25, -0.2) is 9.97 Å². The summed E-state index contributed by atoms with van der Waals surface area (Å²) in [5.74, 6) is 1.58. The van der Waals surface area contributed by atoms with Crippen molar-refractivity contribution < 1.29 is 0 Å². The van der Waals surface area contributed by atoms with E-state index in [-0.39, 0.29) is 0 Å². The van der Waals surface area contributed by atoms with Crippen LogP contribution in [0.15, 0.2) is 47.8 Å². The van der Waals surface area contributed by atoms with Crippen molar-refractivity contribution in [3.8, 4) is 0 Å². The first kappa shape index (κ1) is 17.7. The summed E-state index contributed by atoms with van der Waals surface area (Å²) >= 11 is 0. The van der Waals surface area contributed by atoms with E-state index in [1.165, 1.54) is 5.56 Å². The zero-order valence-corrected chi connectivity index (χ0v) is 15.1. The molecule has 26 heavy (non-hydrogen) atoms. The quantitative estimate of drug-likeness (QED) is 0.336. The third kappa shape index (κ3) is 4.47. The smallest absolute Gasteiger partial charge is 0.191 e. The summed E-state index contributed by atoms with van der Waals surface area (Å²) in [5, 5.41) is 15.1. The lowest BCUT2D eigenvalue weighted by atomic mass is 10.1. The molecular formula is C18H24N8. The van der Waals surface area contributed by atoms with Crippen LogP contribution in [0.5, 0.6) is 0 Å². The SMILES string of the molecule is CN=C(NCCNc1ncnc2c1cnn2C)NCCc1ccccc1. The topological polar surface area (TPSA) is 92.1 Å². The Hall–Kier alpha value is -3.16. The van der Waals surface area contributed by atoms with E-state index in [0.29, 0.717) is 6.54 Å². The highest BCUT2D eigenvalue weighted by atomic mass is 15.3. The number of hydrogen-bond acceptors (Lipinski definition) is 5. The second kappa shape index (κ2) is 8.80. The molecule has 0 spiro atoms. The van der Waals surface area contributed by atoms with Gasteiger partial charge in [0.05, 0.1) is 11.6 Å². The highest BCUT2D eigenvalue weighted by Crippen LogP contribution is 2.16. The van der Waals surface area contributed by atoms with E-state index in [4.69, 9.17) is 0 Å². The van der Waals surface area contributed by atoms with Crippen LogP contribution in [-0.4, -0.2) is 52.4 Å². The Morgan fingerprint density at radius 1 is 1.08 bits per heavy atom. The number of nitrogens with zero attached hydrogens (tertiary/aromatic N) is 5. The first-order valence-corrected chi connectivity index (χ1v) is 8.63. The van der Waals surface area contributed by atoms with Crippen LogP contribution in [-0.2, 0) is 13.5 Å². The Labute approximate surface area is 152 Å². The maximum absolute atomic E-state index is 4.29. The van der Waals surface area contributed by atoms with E-state index in [1.807, 2.05) is 13.1 Å². The monoisotopic (exact) mass is 352 g/mol. The van der Waals surface area contributed by atoms with E-state index in [1.54, 1.807) is 24.3 Å². The van der Waals surface area contributed by atoms with Crippen LogP contribution in [0, 0.1) is 0 Å². The molecule has 0 amide bonds. The van der Waals surface area contributed by atoms with Gasteiger partial charge in [-0.3, -0.25) is 9.67 Å². The van der Waals surface area contributed by atoms with E-state index in [9.17, 15) is 0 Å². The van der Waals surface area contributed by atoms with Crippen molar-refractivity contribution in [1.29, 1.82) is 0 Å². The van der Waals surface area contributed by atoms with Gasteiger partial charge in [0.25, 0.3) is 0 Å². The van der Waals surface area contributed by atoms with Crippen molar-refractivity contribution in [3.63, 3.8) is 0 Å². The molecule has 0 fully saturated rings. The summed E-state index contributed by atoms with van der Waals surface area (Å²) in [5.41, 5.74) is 2.12. The molecule has 0 aliphatic carbocycles. The Kier molecular flexibility index (Phi) is 5.97. The molecule has 3 aromatic rings. The molecule has 0 aliphatic rings. The summed E-state index contributed by atoms with van der Waals surface area (Å²) < 4.78 is 1.74. The van der Waals surface area contributed by atoms with Gasteiger partial charge in [-0.15, -0.1) is 0 Å². The summed E-state index contributed by atoms with van der Waals surface area (Å²) in [6, 6.07) is 10.4. The molecule has 0 unspecified atom stereocenters. The Balaban J connectivity index is 1.41. The van der Waals surface area contributed by atoms with Crippen LogP contribution in [0.25, 0.3) is 11.0 Å². The first-order valence-electron chi connectivity index (χ1n) is 8.63. The molecule has 2 heterocycles. The third-order valence-electron chi connectivity index (χ3n) is 4.01. The predicted molar refractivity (Wildman–Crippen MR) is 104 cm³/mol. The minimum absolute atomic E-state index is 0.709. The van der Waals surface area contributed by atoms with Crippen molar-refractivity contribution >= 4 is 22.8 Å². The standard InChI is InChI=1S/C18H24N8/c1-19-18(21-9-8-14-6-4-3-5-7-14)22-11-10-20-16-15-12-25-26(2)17(15)24-13-23-16/h3-7,12-13H,8-11H2,1-2H3,(H2,19,21,22)(H,20,23,24). The van der Waals surface area contributed by atoms with Gasteiger partial charge in [0.1, 0.15) is 12.1 Å². The molecule has 3 rings (SSSR count). The number of benzene rings is 1. The number of fused-ring (bicyclic) bond motifs is 1. The zero-order valence-electron chi connectivity index (χ0n) is 15.1. The van der Waals surface area contributed by atoms with Crippen LogP contribution < -0.4 is 16.0 Å². The highest BCUT2D eigenvalue weighted by molar-refractivity contribution is 5.86. The van der Waals surface area contributed by atoms with Crippen LogP contribution in [0.4, 0.5) is 5.82 Å². The van der Waals surface area contributed by atoms with Crippen molar-refractivity contribution in [2.24, 2.45) is 12.0 Å². The summed E-state index contributed by atoms with van der Waals surface area (Å²) in [7, 11) is 3.64. The Bertz CT molecular complexity index is 856. The summed E-state index contributed by atoms with van der Waals surface area (Å²) in [4.78, 5) is 12.8.